The standard InChI is InChI=1S/C21H22N2O5/c1-13-17-11-16(26-2)3-4-18(17)28-19(13)20(24)22-15-5-8-23(9-6-15)21(25)14-7-10-27-12-14/h3-4,7,10-12,15H,5-6,8-9H2,1-2H3,(H,22,24). The molecule has 0 aliphatic carbocycles. The molecule has 1 N–H and O–H groups in total. The first-order valence-corrected chi connectivity index (χ1v) is 9.26. The van der Waals surface area contributed by atoms with Gasteiger partial charge in [0.1, 0.15) is 17.6 Å². The molecule has 4 rings (SSSR count). The first kappa shape index (κ1) is 18.2. The van der Waals surface area contributed by atoms with Gasteiger partial charge < -0.3 is 23.8 Å². The van der Waals surface area contributed by atoms with Gasteiger partial charge in [0.15, 0.2) is 5.76 Å². The van der Waals surface area contributed by atoms with E-state index in [0.717, 1.165) is 16.7 Å². The fourth-order valence-corrected chi connectivity index (χ4v) is 3.59. The normalized spacial score (nSPS) is 15.0. The van der Waals surface area contributed by atoms with Crippen molar-refractivity contribution < 1.29 is 23.2 Å². The van der Waals surface area contributed by atoms with Gasteiger partial charge in [0, 0.05) is 30.1 Å². The lowest BCUT2D eigenvalue weighted by atomic mass is 10.0. The van der Waals surface area contributed by atoms with Crippen molar-refractivity contribution in [2.24, 2.45) is 0 Å². The number of aryl methyl sites for hydroxylation is 1. The topological polar surface area (TPSA) is 84.9 Å². The van der Waals surface area contributed by atoms with Crippen LogP contribution < -0.4 is 10.1 Å². The van der Waals surface area contributed by atoms with Crippen molar-refractivity contribution >= 4 is 22.8 Å². The van der Waals surface area contributed by atoms with E-state index in [2.05, 4.69) is 5.32 Å². The van der Waals surface area contributed by atoms with Gasteiger partial charge in [-0.05, 0) is 44.0 Å². The van der Waals surface area contributed by atoms with Crippen molar-refractivity contribution in [3.05, 3.63) is 53.7 Å². The number of piperidine rings is 1. The van der Waals surface area contributed by atoms with Crippen molar-refractivity contribution in [3.8, 4) is 5.75 Å². The number of likely N-dealkylation sites (tertiary alicyclic amines) is 1. The Morgan fingerprint density at radius 2 is 2.00 bits per heavy atom. The highest BCUT2D eigenvalue weighted by Crippen LogP contribution is 2.29. The van der Waals surface area contributed by atoms with E-state index in [1.54, 1.807) is 30.2 Å². The van der Waals surface area contributed by atoms with E-state index < -0.39 is 0 Å². The largest absolute Gasteiger partial charge is 0.497 e. The van der Waals surface area contributed by atoms with Crippen LogP contribution in [0.2, 0.25) is 0 Å². The maximum Gasteiger partial charge on any atom is 0.287 e. The summed E-state index contributed by atoms with van der Waals surface area (Å²) in [4.78, 5) is 26.9. The summed E-state index contributed by atoms with van der Waals surface area (Å²) >= 11 is 0. The number of carbonyl (C=O) groups excluding carboxylic acids is 2. The van der Waals surface area contributed by atoms with E-state index in [-0.39, 0.29) is 17.9 Å². The van der Waals surface area contributed by atoms with Crippen LogP contribution in [0, 0.1) is 6.92 Å². The Labute approximate surface area is 162 Å². The average Bonchev–Trinajstić information content (AvgIpc) is 3.36. The Balaban J connectivity index is 1.40. The zero-order chi connectivity index (χ0) is 19.7. The van der Waals surface area contributed by atoms with Gasteiger partial charge in [-0.25, -0.2) is 0 Å². The van der Waals surface area contributed by atoms with Crippen LogP contribution in [0.1, 0.15) is 39.3 Å². The van der Waals surface area contributed by atoms with Crippen LogP contribution in [0.15, 0.2) is 45.6 Å². The van der Waals surface area contributed by atoms with Crippen molar-refractivity contribution in [3.63, 3.8) is 0 Å². The predicted molar refractivity (Wildman–Crippen MR) is 103 cm³/mol. The highest BCUT2D eigenvalue weighted by atomic mass is 16.5. The van der Waals surface area contributed by atoms with Gasteiger partial charge in [0.2, 0.25) is 0 Å². The van der Waals surface area contributed by atoms with Crippen LogP contribution in [0.25, 0.3) is 11.0 Å². The highest BCUT2D eigenvalue weighted by molar-refractivity contribution is 5.99. The molecule has 3 heterocycles. The summed E-state index contributed by atoms with van der Waals surface area (Å²) in [6.45, 7) is 3.04. The zero-order valence-corrected chi connectivity index (χ0v) is 15.9. The van der Waals surface area contributed by atoms with Gasteiger partial charge in [0.05, 0.1) is 18.9 Å². The zero-order valence-electron chi connectivity index (χ0n) is 15.9. The molecule has 1 fully saturated rings. The summed E-state index contributed by atoms with van der Waals surface area (Å²) in [6, 6.07) is 7.14. The fraction of sp³-hybridized carbons (Fsp3) is 0.333. The van der Waals surface area contributed by atoms with Crippen LogP contribution >= 0.6 is 0 Å². The minimum Gasteiger partial charge on any atom is -0.497 e. The number of ether oxygens (including phenoxy) is 1. The van der Waals surface area contributed by atoms with Gasteiger partial charge >= 0.3 is 0 Å². The number of hydrogen-bond acceptors (Lipinski definition) is 5. The lowest BCUT2D eigenvalue weighted by Gasteiger charge is -2.32. The average molecular weight is 382 g/mol. The number of nitrogens with zero attached hydrogens (tertiary/aromatic N) is 1. The van der Waals surface area contributed by atoms with Gasteiger partial charge in [0.25, 0.3) is 11.8 Å². The Morgan fingerprint density at radius 3 is 2.68 bits per heavy atom. The second kappa shape index (κ2) is 7.42. The molecule has 1 aromatic carbocycles. The molecule has 0 atom stereocenters. The van der Waals surface area contributed by atoms with Crippen LogP contribution in [-0.4, -0.2) is 43.0 Å². The summed E-state index contributed by atoms with van der Waals surface area (Å²) in [5.74, 6) is 0.769. The van der Waals surface area contributed by atoms with E-state index in [9.17, 15) is 9.59 Å². The third-order valence-corrected chi connectivity index (χ3v) is 5.24. The first-order valence-electron chi connectivity index (χ1n) is 9.26. The minimum absolute atomic E-state index is 0.00282. The number of nitrogens with one attached hydrogen (secondary N) is 1. The van der Waals surface area contributed by atoms with E-state index >= 15 is 0 Å². The number of methoxy groups -OCH3 is 1. The van der Waals surface area contributed by atoms with E-state index in [1.165, 1.54) is 12.5 Å². The van der Waals surface area contributed by atoms with Gasteiger partial charge in [-0.15, -0.1) is 0 Å². The maximum absolute atomic E-state index is 12.7. The Kier molecular flexibility index (Phi) is 4.81. The smallest absolute Gasteiger partial charge is 0.287 e. The van der Waals surface area contributed by atoms with Gasteiger partial charge in [-0.3, -0.25) is 9.59 Å². The number of carbonyl (C=O) groups is 2. The van der Waals surface area contributed by atoms with Crippen LogP contribution in [0.5, 0.6) is 5.75 Å². The molecule has 2 amide bonds. The van der Waals surface area contributed by atoms with E-state index in [0.29, 0.717) is 42.8 Å². The second-order valence-corrected chi connectivity index (χ2v) is 6.97. The molecule has 1 aliphatic heterocycles. The molecule has 1 aliphatic rings. The number of amides is 2. The number of fused-ring (bicyclic) bond motifs is 1. The third kappa shape index (κ3) is 3.35. The lowest BCUT2D eigenvalue weighted by molar-refractivity contribution is 0.0695. The molecule has 0 spiro atoms. The summed E-state index contributed by atoms with van der Waals surface area (Å²) in [7, 11) is 1.61. The van der Waals surface area contributed by atoms with Crippen LogP contribution in [-0.2, 0) is 0 Å². The molecule has 0 saturated carbocycles. The number of benzene rings is 1. The van der Waals surface area contributed by atoms with Crippen LogP contribution in [0.4, 0.5) is 0 Å². The Hall–Kier alpha value is -3.22. The molecule has 1 saturated heterocycles. The lowest BCUT2D eigenvalue weighted by Crippen LogP contribution is -2.46. The molecular formula is C21H22N2O5. The molecule has 3 aromatic rings. The third-order valence-electron chi connectivity index (χ3n) is 5.24. The second-order valence-electron chi connectivity index (χ2n) is 6.97. The maximum atomic E-state index is 12.7. The van der Waals surface area contributed by atoms with Crippen molar-refractivity contribution in [2.75, 3.05) is 20.2 Å². The molecule has 0 bridgehead atoms. The molecule has 146 valence electrons. The quantitative estimate of drug-likeness (QED) is 0.748. The molecular weight excluding hydrogens is 360 g/mol. The number of rotatable bonds is 4. The predicted octanol–water partition coefficient (Wildman–Crippen LogP) is 3.38. The minimum atomic E-state index is -0.229. The number of furan rings is 2. The Morgan fingerprint density at radius 1 is 1.21 bits per heavy atom. The molecule has 7 nitrogen and oxygen atoms in total. The Bertz CT molecular complexity index is 997. The van der Waals surface area contributed by atoms with Crippen molar-refractivity contribution in [1.29, 1.82) is 0 Å². The fourth-order valence-electron chi connectivity index (χ4n) is 3.59. The highest BCUT2D eigenvalue weighted by Gasteiger charge is 2.27. The van der Waals surface area contributed by atoms with Crippen molar-refractivity contribution in [1.82, 2.24) is 10.2 Å². The monoisotopic (exact) mass is 382 g/mol. The van der Waals surface area contributed by atoms with Crippen LogP contribution in [0.3, 0.4) is 0 Å². The molecule has 0 radical (unpaired) electrons. The molecule has 0 unspecified atom stereocenters. The molecule has 28 heavy (non-hydrogen) atoms. The number of hydrogen-bond donors (Lipinski definition) is 1. The summed E-state index contributed by atoms with van der Waals surface area (Å²) in [5.41, 5.74) is 2.00. The summed E-state index contributed by atoms with van der Waals surface area (Å²) < 4.78 is 16.0. The van der Waals surface area contributed by atoms with Gasteiger partial charge in [-0.1, -0.05) is 0 Å². The SMILES string of the molecule is COc1ccc2oc(C(=O)NC3CCN(C(=O)c4ccoc4)CC3)c(C)c2c1. The van der Waals surface area contributed by atoms with E-state index in [1.807, 2.05) is 13.0 Å². The van der Waals surface area contributed by atoms with Gasteiger partial charge in [-0.2, -0.15) is 0 Å². The van der Waals surface area contributed by atoms with Crippen molar-refractivity contribution in [2.45, 2.75) is 25.8 Å². The van der Waals surface area contributed by atoms with E-state index in [4.69, 9.17) is 13.6 Å². The first-order chi connectivity index (χ1) is 13.6. The summed E-state index contributed by atoms with van der Waals surface area (Å²) in [5, 5.41) is 3.91. The molecule has 7 heteroatoms. The summed E-state index contributed by atoms with van der Waals surface area (Å²) in [6.07, 6.45) is 4.34. The molecule has 2 aromatic heterocycles.